The molecule has 1 aliphatic heterocycles. The highest BCUT2D eigenvalue weighted by atomic mass is 16.5. The minimum atomic E-state index is -0.363. The van der Waals surface area contributed by atoms with Crippen LogP contribution in [0.25, 0.3) is 0 Å². The average Bonchev–Trinajstić information content (AvgIpc) is 2.71. The Morgan fingerprint density at radius 3 is 2.52 bits per heavy atom. The summed E-state index contributed by atoms with van der Waals surface area (Å²) >= 11 is 0. The first-order valence-corrected chi connectivity index (χ1v) is 9.48. The summed E-state index contributed by atoms with van der Waals surface area (Å²) in [6.45, 7) is 10.6. The molecule has 1 aromatic rings. The molecule has 0 spiro atoms. The van der Waals surface area contributed by atoms with Gasteiger partial charge in [0.05, 0.1) is 13.2 Å². The summed E-state index contributed by atoms with van der Waals surface area (Å²) in [5.41, 5.74) is 2.04. The van der Waals surface area contributed by atoms with E-state index in [4.69, 9.17) is 4.74 Å². The van der Waals surface area contributed by atoms with Crippen LogP contribution in [0.15, 0.2) is 36.0 Å². The Balaban J connectivity index is 1.83. The standard InChI is InChI=1S/C20H29N5O2/c1-3-25(4-2)19-7-5-18(6-8-19)23-16-17(15-21)20(26)22-9-10-24-11-13-27-14-12-24/h5-8,16,23H,3-4,9-14H2,1-2H3,(H,22,26)/b17-16-. The number of benzene rings is 1. The number of amides is 1. The van der Waals surface area contributed by atoms with Gasteiger partial charge >= 0.3 is 0 Å². The van der Waals surface area contributed by atoms with Crippen molar-refractivity contribution in [3.63, 3.8) is 0 Å². The summed E-state index contributed by atoms with van der Waals surface area (Å²) in [5.74, 6) is -0.363. The molecule has 27 heavy (non-hydrogen) atoms. The summed E-state index contributed by atoms with van der Waals surface area (Å²) in [5, 5.41) is 15.1. The number of carbonyl (C=O) groups excluding carboxylic acids is 1. The van der Waals surface area contributed by atoms with Gasteiger partial charge in [0.15, 0.2) is 0 Å². The molecule has 0 saturated carbocycles. The smallest absolute Gasteiger partial charge is 0.263 e. The van der Waals surface area contributed by atoms with Gasteiger partial charge < -0.3 is 20.3 Å². The van der Waals surface area contributed by atoms with Gasteiger partial charge in [-0.25, -0.2) is 0 Å². The highest BCUT2D eigenvalue weighted by molar-refractivity contribution is 5.97. The van der Waals surface area contributed by atoms with E-state index < -0.39 is 0 Å². The molecular formula is C20H29N5O2. The van der Waals surface area contributed by atoms with Gasteiger partial charge in [-0.05, 0) is 38.1 Å². The van der Waals surface area contributed by atoms with Gasteiger partial charge in [-0.2, -0.15) is 5.26 Å². The third kappa shape index (κ3) is 6.59. The summed E-state index contributed by atoms with van der Waals surface area (Å²) in [6.07, 6.45) is 1.45. The molecule has 1 heterocycles. The summed E-state index contributed by atoms with van der Waals surface area (Å²) in [4.78, 5) is 16.7. The molecule has 7 heteroatoms. The monoisotopic (exact) mass is 371 g/mol. The van der Waals surface area contributed by atoms with Gasteiger partial charge in [0.1, 0.15) is 11.6 Å². The maximum atomic E-state index is 12.2. The highest BCUT2D eigenvalue weighted by Crippen LogP contribution is 2.17. The van der Waals surface area contributed by atoms with Crippen molar-refractivity contribution in [3.05, 3.63) is 36.0 Å². The minimum absolute atomic E-state index is 0.0600. The van der Waals surface area contributed by atoms with Gasteiger partial charge in [0, 0.05) is 56.8 Å². The van der Waals surface area contributed by atoms with Crippen LogP contribution in [-0.4, -0.2) is 63.3 Å². The average molecular weight is 371 g/mol. The Labute approximate surface area is 161 Å². The molecule has 2 N–H and O–H groups in total. The van der Waals surface area contributed by atoms with Gasteiger partial charge in [0.2, 0.25) is 0 Å². The molecule has 1 aliphatic rings. The van der Waals surface area contributed by atoms with Crippen molar-refractivity contribution in [3.8, 4) is 6.07 Å². The number of hydrogen-bond acceptors (Lipinski definition) is 6. The third-order valence-corrected chi connectivity index (χ3v) is 4.56. The molecule has 7 nitrogen and oxygen atoms in total. The van der Waals surface area contributed by atoms with Crippen LogP contribution in [-0.2, 0) is 9.53 Å². The second-order valence-electron chi connectivity index (χ2n) is 6.24. The Morgan fingerprint density at radius 1 is 1.26 bits per heavy atom. The topological polar surface area (TPSA) is 80.6 Å². The van der Waals surface area contributed by atoms with Crippen LogP contribution in [0.1, 0.15) is 13.8 Å². The zero-order valence-electron chi connectivity index (χ0n) is 16.2. The fraction of sp³-hybridized carbons (Fsp3) is 0.500. The number of ether oxygens (including phenoxy) is 1. The molecule has 0 unspecified atom stereocenters. The van der Waals surface area contributed by atoms with Crippen molar-refractivity contribution >= 4 is 17.3 Å². The van der Waals surface area contributed by atoms with Crippen molar-refractivity contribution in [1.29, 1.82) is 5.26 Å². The van der Waals surface area contributed by atoms with E-state index in [1.54, 1.807) is 0 Å². The SMILES string of the molecule is CCN(CC)c1ccc(N/C=C(/C#N)C(=O)NCCN2CCOCC2)cc1. The van der Waals surface area contributed by atoms with Crippen LogP contribution < -0.4 is 15.5 Å². The van der Waals surface area contributed by atoms with Crippen LogP contribution in [0, 0.1) is 11.3 Å². The Bertz CT molecular complexity index is 656. The molecule has 0 bridgehead atoms. The Morgan fingerprint density at radius 2 is 1.93 bits per heavy atom. The zero-order chi connectivity index (χ0) is 19.5. The van der Waals surface area contributed by atoms with Crippen molar-refractivity contribution in [2.24, 2.45) is 0 Å². The fourth-order valence-corrected chi connectivity index (χ4v) is 2.91. The number of nitrogens with one attached hydrogen (secondary N) is 2. The van der Waals surface area contributed by atoms with Crippen molar-refractivity contribution in [2.75, 3.05) is 62.7 Å². The molecule has 1 fully saturated rings. The highest BCUT2D eigenvalue weighted by Gasteiger charge is 2.12. The van der Waals surface area contributed by atoms with E-state index in [-0.39, 0.29) is 11.5 Å². The van der Waals surface area contributed by atoms with Crippen LogP contribution in [0.3, 0.4) is 0 Å². The third-order valence-electron chi connectivity index (χ3n) is 4.56. The lowest BCUT2D eigenvalue weighted by molar-refractivity contribution is -0.117. The summed E-state index contributed by atoms with van der Waals surface area (Å²) in [6, 6.07) is 9.88. The maximum Gasteiger partial charge on any atom is 0.263 e. The van der Waals surface area contributed by atoms with E-state index in [1.165, 1.54) is 6.20 Å². The molecule has 1 aromatic carbocycles. The minimum Gasteiger partial charge on any atom is -0.379 e. The molecule has 0 aliphatic carbocycles. The quantitative estimate of drug-likeness (QED) is 0.509. The molecular weight excluding hydrogens is 342 g/mol. The number of carbonyl (C=O) groups is 1. The van der Waals surface area contributed by atoms with E-state index in [2.05, 4.69) is 34.3 Å². The predicted molar refractivity (Wildman–Crippen MR) is 108 cm³/mol. The number of anilines is 2. The molecule has 0 radical (unpaired) electrons. The van der Waals surface area contributed by atoms with Gasteiger partial charge in [-0.3, -0.25) is 9.69 Å². The second kappa shape index (κ2) is 11.2. The molecule has 1 saturated heterocycles. The van der Waals surface area contributed by atoms with Crippen LogP contribution in [0.4, 0.5) is 11.4 Å². The lowest BCUT2D eigenvalue weighted by atomic mass is 10.2. The summed E-state index contributed by atoms with van der Waals surface area (Å²) < 4.78 is 5.30. The number of morpholine rings is 1. The lowest BCUT2D eigenvalue weighted by Gasteiger charge is -2.26. The number of rotatable bonds is 9. The van der Waals surface area contributed by atoms with Crippen LogP contribution in [0.2, 0.25) is 0 Å². The first-order chi connectivity index (χ1) is 13.2. The number of hydrogen-bond donors (Lipinski definition) is 2. The van der Waals surface area contributed by atoms with Crippen molar-refractivity contribution in [2.45, 2.75) is 13.8 Å². The van der Waals surface area contributed by atoms with E-state index >= 15 is 0 Å². The first kappa shape index (κ1) is 20.7. The van der Waals surface area contributed by atoms with Gasteiger partial charge in [0.25, 0.3) is 5.91 Å². The second-order valence-corrected chi connectivity index (χ2v) is 6.24. The van der Waals surface area contributed by atoms with Gasteiger partial charge in [-0.1, -0.05) is 0 Å². The largest absolute Gasteiger partial charge is 0.379 e. The predicted octanol–water partition coefficient (Wildman–Crippen LogP) is 1.80. The summed E-state index contributed by atoms with van der Waals surface area (Å²) in [7, 11) is 0. The Hall–Kier alpha value is -2.56. The van der Waals surface area contributed by atoms with Crippen LogP contribution >= 0.6 is 0 Å². The van der Waals surface area contributed by atoms with E-state index in [0.717, 1.165) is 57.3 Å². The maximum absolute atomic E-state index is 12.2. The van der Waals surface area contributed by atoms with Crippen molar-refractivity contribution in [1.82, 2.24) is 10.2 Å². The molecule has 0 aromatic heterocycles. The van der Waals surface area contributed by atoms with Gasteiger partial charge in [-0.15, -0.1) is 0 Å². The molecule has 0 atom stereocenters. The molecule has 1 amide bonds. The lowest BCUT2D eigenvalue weighted by Crippen LogP contribution is -2.41. The Kier molecular flexibility index (Phi) is 8.62. The van der Waals surface area contributed by atoms with E-state index in [1.807, 2.05) is 30.3 Å². The first-order valence-electron chi connectivity index (χ1n) is 9.48. The normalized spacial score (nSPS) is 15.1. The number of nitriles is 1. The zero-order valence-corrected chi connectivity index (χ0v) is 16.2. The molecule has 146 valence electrons. The molecule has 2 rings (SSSR count). The number of nitrogens with zero attached hydrogens (tertiary/aromatic N) is 3. The van der Waals surface area contributed by atoms with Crippen molar-refractivity contribution < 1.29 is 9.53 Å². The fourth-order valence-electron chi connectivity index (χ4n) is 2.91. The van der Waals surface area contributed by atoms with E-state index in [0.29, 0.717) is 6.54 Å². The van der Waals surface area contributed by atoms with E-state index in [9.17, 15) is 10.1 Å². The van der Waals surface area contributed by atoms with Crippen LogP contribution in [0.5, 0.6) is 0 Å².